The zero-order valence-electron chi connectivity index (χ0n) is 12.8. The number of benzene rings is 2. The molecule has 0 bridgehead atoms. The van der Waals surface area contributed by atoms with Gasteiger partial charge in [-0.05, 0) is 55.0 Å². The number of rotatable bonds is 4. The molecule has 1 aliphatic carbocycles. The van der Waals surface area contributed by atoms with Crippen molar-refractivity contribution in [2.45, 2.75) is 38.3 Å². The quantitative estimate of drug-likeness (QED) is 0.917. The molecule has 0 spiro atoms. The molecule has 2 nitrogen and oxygen atoms in total. The summed E-state index contributed by atoms with van der Waals surface area (Å²) in [6.07, 6.45) is 3.52. The average Bonchev–Trinajstić information content (AvgIpc) is 2.54. The van der Waals surface area contributed by atoms with Crippen LogP contribution in [0.2, 0.25) is 0 Å². The number of hydrogen-bond acceptors (Lipinski definition) is 2. The first-order valence-corrected chi connectivity index (χ1v) is 7.73. The number of methoxy groups -OCH3 is 1. The van der Waals surface area contributed by atoms with Gasteiger partial charge in [0.05, 0.1) is 7.11 Å². The Morgan fingerprint density at radius 1 is 1.10 bits per heavy atom. The minimum Gasteiger partial charge on any atom is -0.497 e. The highest BCUT2D eigenvalue weighted by molar-refractivity contribution is 5.32. The molecular formula is C19H23NO. The smallest absolute Gasteiger partial charge is 0.119 e. The number of ether oxygens (including phenoxy) is 1. The zero-order valence-corrected chi connectivity index (χ0v) is 12.8. The number of nitrogens with one attached hydrogen (secondary N) is 1. The van der Waals surface area contributed by atoms with Gasteiger partial charge >= 0.3 is 0 Å². The molecule has 1 N–H and O–H groups in total. The van der Waals surface area contributed by atoms with Gasteiger partial charge in [-0.1, -0.05) is 36.4 Å². The van der Waals surface area contributed by atoms with E-state index in [-0.39, 0.29) is 0 Å². The van der Waals surface area contributed by atoms with Crippen molar-refractivity contribution in [3.63, 3.8) is 0 Å². The van der Waals surface area contributed by atoms with Crippen LogP contribution in [0.1, 0.15) is 36.1 Å². The molecule has 2 unspecified atom stereocenters. The Morgan fingerprint density at radius 3 is 2.71 bits per heavy atom. The van der Waals surface area contributed by atoms with E-state index in [1.54, 1.807) is 7.11 Å². The normalized spacial score (nSPS) is 18.9. The summed E-state index contributed by atoms with van der Waals surface area (Å²) < 4.78 is 5.31. The van der Waals surface area contributed by atoms with E-state index in [2.05, 4.69) is 54.7 Å². The van der Waals surface area contributed by atoms with Gasteiger partial charge in [0.2, 0.25) is 0 Å². The maximum Gasteiger partial charge on any atom is 0.119 e. The molecule has 2 aromatic rings. The molecule has 0 amide bonds. The standard InChI is InChI=1S/C19H23NO/c1-14(16-8-5-9-19(13-16)21-2)20-18-11-10-15-6-3-4-7-17(15)12-18/h3-9,13-14,18,20H,10-12H2,1-2H3. The number of hydrogen-bond donors (Lipinski definition) is 1. The molecule has 1 aliphatic rings. The van der Waals surface area contributed by atoms with Crippen LogP contribution < -0.4 is 10.1 Å². The van der Waals surface area contributed by atoms with Crippen LogP contribution >= 0.6 is 0 Å². The molecule has 0 fully saturated rings. The van der Waals surface area contributed by atoms with Crippen LogP contribution in [-0.2, 0) is 12.8 Å². The van der Waals surface area contributed by atoms with Crippen LogP contribution in [0.5, 0.6) is 5.75 Å². The van der Waals surface area contributed by atoms with Crippen molar-refractivity contribution in [1.29, 1.82) is 0 Å². The predicted molar refractivity (Wildman–Crippen MR) is 86.8 cm³/mol. The molecule has 0 aliphatic heterocycles. The fraction of sp³-hybridized carbons (Fsp3) is 0.368. The summed E-state index contributed by atoms with van der Waals surface area (Å²) in [5.41, 5.74) is 4.30. The highest BCUT2D eigenvalue weighted by Gasteiger charge is 2.20. The minimum atomic E-state index is 0.343. The van der Waals surface area contributed by atoms with E-state index in [1.165, 1.54) is 29.5 Å². The number of aryl methyl sites for hydroxylation is 1. The SMILES string of the molecule is COc1cccc(C(C)NC2CCc3ccccc3C2)c1. The molecule has 0 saturated heterocycles. The summed E-state index contributed by atoms with van der Waals surface area (Å²) >= 11 is 0. The summed E-state index contributed by atoms with van der Waals surface area (Å²) in [6.45, 7) is 2.23. The van der Waals surface area contributed by atoms with Crippen LogP contribution in [0.4, 0.5) is 0 Å². The van der Waals surface area contributed by atoms with Crippen molar-refractivity contribution in [3.8, 4) is 5.75 Å². The Morgan fingerprint density at radius 2 is 1.90 bits per heavy atom. The Kier molecular flexibility index (Phi) is 4.26. The van der Waals surface area contributed by atoms with Gasteiger partial charge in [0.15, 0.2) is 0 Å². The minimum absolute atomic E-state index is 0.343. The Bertz CT molecular complexity index is 608. The summed E-state index contributed by atoms with van der Waals surface area (Å²) in [5, 5.41) is 3.77. The lowest BCUT2D eigenvalue weighted by molar-refractivity contribution is 0.403. The summed E-state index contributed by atoms with van der Waals surface area (Å²) in [5.74, 6) is 0.926. The van der Waals surface area contributed by atoms with Gasteiger partial charge in [0.1, 0.15) is 5.75 Å². The van der Waals surface area contributed by atoms with E-state index in [9.17, 15) is 0 Å². The summed E-state index contributed by atoms with van der Waals surface area (Å²) in [4.78, 5) is 0. The van der Waals surface area contributed by atoms with Gasteiger partial charge < -0.3 is 10.1 Å². The van der Waals surface area contributed by atoms with Gasteiger partial charge in [-0.2, -0.15) is 0 Å². The van der Waals surface area contributed by atoms with Gasteiger partial charge in [-0.3, -0.25) is 0 Å². The van der Waals surface area contributed by atoms with Crippen molar-refractivity contribution < 1.29 is 4.74 Å². The lowest BCUT2D eigenvalue weighted by Crippen LogP contribution is -2.36. The van der Waals surface area contributed by atoms with Crippen LogP contribution in [0, 0.1) is 0 Å². The fourth-order valence-corrected chi connectivity index (χ4v) is 3.20. The van der Waals surface area contributed by atoms with Crippen LogP contribution in [0.15, 0.2) is 48.5 Å². The van der Waals surface area contributed by atoms with Crippen LogP contribution in [-0.4, -0.2) is 13.2 Å². The zero-order chi connectivity index (χ0) is 14.7. The molecule has 110 valence electrons. The second kappa shape index (κ2) is 6.31. The molecule has 0 heterocycles. The van der Waals surface area contributed by atoms with Crippen molar-refractivity contribution in [1.82, 2.24) is 5.32 Å². The van der Waals surface area contributed by atoms with E-state index in [0.717, 1.165) is 12.2 Å². The first kappa shape index (κ1) is 14.2. The van der Waals surface area contributed by atoms with Crippen molar-refractivity contribution in [2.24, 2.45) is 0 Å². The maximum absolute atomic E-state index is 5.31. The first-order chi connectivity index (χ1) is 10.3. The van der Waals surface area contributed by atoms with E-state index in [1.807, 2.05) is 6.07 Å². The van der Waals surface area contributed by atoms with Crippen LogP contribution in [0.25, 0.3) is 0 Å². The predicted octanol–water partition coefficient (Wildman–Crippen LogP) is 3.90. The Balaban J connectivity index is 1.67. The largest absolute Gasteiger partial charge is 0.497 e. The summed E-state index contributed by atoms with van der Waals surface area (Å²) in [6, 6.07) is 18.0. The molecule has 0 radical (unpaired) electrons. The lowest BCUT2D eigenvalue weighted by Gasteiger charge is -2.28. The molecular weight excluding hydrogens is 258 g/mol. The molecule has 3 rings (SSSR count). The van der Waals surface area contributed by atoms with Crippen molar-refractivity contribution >= 4 is 0 Å². The molecule has 2 heteroatoms. The number of fused-ring (bicyclic) bond motifs is 1. The van der Waals surface area contributed by atoms with Crippen molar-refractivity contribution in [3.05, 3.63) is 65.2 Å². The Labute approximate surface area is 127 Å². The highest BCUT2D eigenvalue weighted by Crippen LogP contribution is 2.24. The topological polar surface area (TPSA) is 21.3 Å². The Hall–Kier alpha value is -1.80. The second-order valence-corrected chi connectivity index (χ2v) is 5.87. The molecule has 0 aromatic heterocycles. The summed E-state index contributed by atoms with van der Waals surface area (Å²) in [7, 11) is 1.72. The third-order valence-electron chi connectivity index (χ3n) is 4.43. The molecule has 2 aromatic carbocycles. The highest BCUT2D eigenvalue weighted by atomic mass is 16.5. The maximum atomic E-state index is 5.31. The van der Waals surface area contributed by atoms with Gasteiger partial charge in [-0.15, -0.1) is 0 Å². The van der Waals surface area contributed by atoms with Crippen LogP contribution in [0.3, 0.4) is 0 Å². The van der Waals surface area contributed by atoms with E-state index >= 15 is 0 Å². The fourth-order valence-electron chi connectivity index (χ4n) is 3.20. The van der Waals surface area contributed by atoms with Gasteiger partial charge in [0, 0.05) is 12.1 Å². The third-order valence-corrected chi connectivity index (χ3v) is 4.43. The lowest BCUT2D eigenvalue weighted by atomic mass is 9.88. The van der Waals surface area contributed by atoms with E-state index in [4.69, 9.17) is 4.74 Å². The van der Waals surface area contributed by atoms with Gasteiger partial charge in [-0.25, -0.2) is 0 Å². The average molecular weight is 281 g/mol. The third kappa shape index (κ3) is 3.27. The van der Waals surface area contributed by atoms with E-state index in [0.29, 0.717) is 12.1 Å². The monoisotopic (exact) mass is 281 g/mol. The van der Waals surface area contributed by atoms with Gasteiger partial charge in [0.25, 0.3) is 0 Å². The van der Waals surface area contributed by atoms with Crippen molar-refractivity contribution in [2.75, 3.05) is 7.11 Å². The second-order valence-electron chi connectivity index (χ2n) is 5.87. The van der Waals surface area contributed by atoms with E-state index < -0.39 is 0 Å². The first-order valence-electron chi connectivity index (χ1n) is 7.73. The molecule has 21 heavy (non-hydrogen) atoms. The molecule has 2 atom stereocenters. The molecule has 0 saturated carbocycles.